The third-order valence-corrected chi connectivity index (χ3v) is 6.24. The number of nitrogens with one attached hydrogen (secondary N) is 1. The lowest BCUT2D eigenvalue weighted by molar-refractivity contribution is 0.0926. The maximum absolute atomic E-state index is 13.2. The zero-order valence-electron chi connectivity index (χ0n) is 18.5. The van der Waals surface area contributed by atoms with E-state index in [9.17, 15) is 9.59 Å². The van der Waals surface area contributed by atoms with Crippen LogP contribution in [0.2, 0.25) is 0 Å². The minimum atomic E-state index is -0.338. The lowest BCUT2D eigenvalue weighted by Crippen LogP contribution is -2.30. The van der Waals surface area contributed by atoms with Gasteiger partial charge in [0.2, 0.25) is 0 Å². The highest BCUT2D eigenvalue weighted by molar-refractivity contribution is 6.35. The Bertz CT molecular complexity index is 1150. The largest absolute Gasteiger partial charge is 0.493 e. The maximum atomic E-state index is 13.2. The van der Waals surface area contributed by atoms with Crippen LogP contribution in [0.4, 0.5) is 11.4 Å². The Morgan fingerprint density at radius 1 is 0.879 bits per heavy atom. The van der Waals surface area contributed by atoms with Gasteiger partial charge in [0.15, 0.2) is 11.5 Å². The van der Waals surface area contributed by atoms with Crippen molar-refractivity contribution in [2.75, 3.05) is 17.3 Å². The molecule has 0 saturated heterocycles. The van der Waals surface area contributed by atoms with E-state index in [2.05, 4.69) is 5.32 Å². The zero-order valence-corrected chi connectivity index (χ0v) is 18.5. The average molecular weight is 443 g/mol. The second-order valence-electron chi connectivity index (χ2n) is 8.37. The van der Waals surface area contributed by atoms with Crippen molar-refractivity contribution in [1.82, 2.24) is 0 Å². The summed E-state index contributed by atoms with van der Waals surface area (Å²) in [5.74, 6) is 0.435. The Labute approximate surface area is 193 Å². The highest BCUT2D eigenvalue weighted by Gasteiger charge is 2.38. The number of hydrogen-bond donors (Lipinski definition) is 1. The number of hydrogen-bond acceptors (Lipinski definition) is 5. The number of rotatable bonds is 7. The van der Waals surface area contributed by atoms with Crippen LogP contribution in [0.25, 0.3) is 0 Å². The maximum Gasteiger partial charge on any atom is 0.266 e. The number of amides is 2. The van der Waals surface area contributed by atoms with Gasteiger partial charge in [0, 0.05) is 18.7 Å². The van der Waals surface area contributed by atoms with Gasteiger partial charge in [0.25, 0.3) is 11.8 Å². The first-order chi connectivity index (χ1) is 16.2. The molecule has 1 aliphatic heterocycles. The van der Waals surface area contributed by atoms with Gasteiger partial charge in [-0.25, -0.2) is 4.90 Å². The summed E-state index contributed by atoms with van der Waals surface area (Å²) in [5.41, 5.74) is 2.99. The number of nitrogens with zero attached hydrogens (tertiary/aromatic N) is 1. The lowest BCUT2D eigenvalue weighted by atomic mass is 10.1. The predicted octanol–water partition coefficient (Wildman–Crippen LogP) is 5.43. The molecule has 3 aromatic rings. The molecule has 1 N–H and O–H groups in total. The van der Waals surface area contributed by atoms with Crippen molar-refractivity contribution in [3.05, 3.63) is 83.4 Å². The molecule has 1 heterocycles. The third-order valence-electron chi connectivity index (χ3n) is 6.24. The first kappa shape index (κ1) is 21.1. The van der Waals surface area contributed by atoms with E-state index in [1.54, 1.807) is 37.4 Å². The SMILES string of the molecule is COc1cc(NCc2ccccc2)c(N2C(=O)c3ccccc3C2=O)cc1OC1CCCC1. The van der Waals surface area contributed by atoms with E-state index in [1.165, 1.54) is 4.90 Å². The van der Waals surface area contributed by atoms with Crippen LogP contribution >= 0.6 is 0 Å². The predicted molar refractivity (Wildman–Crippen MR) is 127 cm³/mol. The second kappa shape index (κ2) is 8.98. The van der Waals surface area contributed by atoms with Gasteiger partial charge in [-0.15, -0.1) is 0 Å². The summed E-state index contributed by atoms with van der Waals surface area (Å²) in [6.07, 6.45) is 4.35. The van der Waals surface area contributed by atoms with E-state index < -0.39 is 0 Å². The molecule has 0 atom stereocenters. The number of ether oxygens (including phenoxy) is 2. The highest BCUT2D eigenvalue weighted by atomic mass is 16.5. The fraction of sp³-hybridized carbons (Fsp3) is 0.259. The second-order valence-corrected chi connectivity index (χ2v) is 8.37. The van der Waals surface area contributed by atoms with Gasteiger partial charge in [0.05, 0.1) is 35.7 Å². The Morgan fingerprint density at radius 2 is 1.52 bits per heavy atom. The average Bonchev–Trinajstić information content (AvgIpc) is 3.45. The standard InChI is InChI=1S/C27H26N2O4/c1-32-24-15-22(28-17-18-9-3-2-4-10-18)23(16-25(24)33-19-11-5-6-12-19)29-26(30)20-13-7-8-14-21(20)27(29)31/h2-4,7-10,13-16,19,28H,5-6,11-12,17H2,1H3. The van der Waals surface area contributed by atoms with Crippen molar-refractivity contribution < 1.29 is 19.1 Å². The highest BCUT2D eigenvalue weighted by Crippen LogP contribution is 2.42. The van der Waals surface area contributed by atoms with Gasteiger partial charge < -0.3 is 14.8 Å². The number of fused-ring (bicyclic) bond motifs is 1. The molecule has 0 unspecified atom stereocenters. The van der Waals surface area contributed by atoms with Crippen molar-refractivity contribution in [3.8, 4) is 11.5 Å². The van der Waals surface area contributed by atoms with Crippen molar-refractivity contribution in [2.45, 2.75) is 38.3 Å². The van der Waals surface area contributed by atoms with E-state index in [0.717, 1.165) is 31.2 Å². The van der Waals surface area contributed by atoms with Crippen molar-refractivity contribution in [3.63, 3.8) is 0 Å². The summed E-state index contributed by atoms with van der Waals surface area (Å²) in [5, 5.41) is 3.39. The van der Waals surface area contributed by atoms with Gasteiger partial charge in [-0.05, 0) is 43.4 Å². The molecular formula is C27H26N2O4. The van der Waals surface area contributed by atoms with Gasteiger partial charge in [-0.3, -0.25) is 9.59 Å². The van der Waals surface area contributed by atoms with Gasteiger partial charge in [-0.1, -0.05) is 42.5 Å². The van der Waals surface area contributed by atoms with Gasteiger partial charge in [0.1, 0.15) is 0 Å². The van der Waals surface area contributed by atoms with Crippen LogP contribution in [-0.4, -0.2) is 25.0 Å². The first-order valence-electron chi connectivity index (χ1n) is 11.3. The summed E-state index contributed by atoms with van der Waals surface area (Å²) >= 11 is 0. The van der Waals surface area contributed by atoms with Crippen LogP contribution in [0.5, 0.6) is 11.5 Å². The molecule has 0 bridgehead atoms. The van der Waals surface area contributed by atoms with Crippen LogP contribution in [-0.2, 0) is 6.54 Å². The van der Waals surface area contributed by atoms with E-state index in [-0.39, 0.29) is 17.9 Å². The Hall–Kier alpha value is -3.80. The van der Waals surface area contributed by atoms with Crippen LogP contribution in [0.3, 0.4) is 0 Å². The summed E-state index contributed by atoms with van der Waals surface area (Å²) in [6.45, 7) is 0.531. The molecule has 5 rings (SSSR count). The van der Waals surface area contributed by atoms with Crippen LogP contribution in [0.1, 0.15) is 52.0 Å². The smallest absolute Gasteiger partial charge is 0.266 e. The molecule has 1 saturated carbocycles. The summed E-state index contributed by atoms with van der Waals surface area (Å²) < 4.78 is 11.9. The number of anilines is 2. The number of methoxy groups -OCH3 is 1. The minimum absolute atomic E-state index is 0.108. The molecule has 0 radical (unpaired) electrons. The van der Waals surface area contributed by atoms with Crippen molar-refractivity contribution in [2.24, 2.45) is 0 Å². The summed E-state index contributed by atoms with van der Waals surface area (Å²) in [4.78, 5) is 27.7. The molecule has 6 nitrogen and oxygen atoms in total. The van der Waals surface area contributed by atoms with Crippen LogP contribution in [0.15, 0.2) is 66.7 Å². The minimum Gasteiger partial charge on any atom is -0.493 e. The number of imide groups is 1. The summed E-state index contributed by atoms with van der Waals surface area (Å²) in [7, 11) is 1.60. The number of benzene rings is 3. The molecule has 2 amide bonds. The quantitative estimate of drug-likeness (QED) is 0.494. The van der Waals surface area contributed by atoms with Crippen molar-refractivity contribution >= 4 is 23.2 Å². The van der Waals surface area contributed by atoms with E-state index >= 15 is 0 Å². The molecule has 33 heavy (non-hydrogen) atoms. The number of carbonyl (C=O) groups is 2. The molecule has 0 spiro atoms. The molecule has 1 fully saturated rings. The third kappa shape index (κ3) is 4.04. The fourth-order valence-electron chi connectivity index (χ4n) is 4.51. The first-order valence-corrected chi connectivity index (χ1v) is 11.3. The molecular weight excluding hydrogens is 416 g/mol. The molecule has 1 aliphatic carbocycles. The molecule has 3 aromatic carbocycles. The molecule has 6 heteroatoms. The van der Waals surface area contributed by atoms with Crippen LogP contribution in [0, 0.1) is 0 Å². The summed E-state index contributed by atoms with van der Waals surface area (Å²) in [6, 6.07) is 20.4. The Balaban J connectivity index is 1.55. The monoisotopic (exact) mass is 442 g/mol. The van der Waals surface area contributed by atoms with E-state index in [1.807, 2.05) is 36.4 Å². The zero-order chi connectivity index (χ0) is 22.8. The van der Waals surface area contributed by atoms with Gasteiger partial charge >= 0.3 is 0 Å². The Morgan fingerprint density at radius 3 is 2.15 bits per heavy atom. The normalized spacial score (nSPS) is 15.6. The Kier molecular flexibility index (Phi) is 5.73. The lowest BCUT2D eigenvalue weighted by Gasteiger charge is -2.23. The van der Waals surface area contributed by atoms with E-state index in [4.69, 9.17) is 9.47 Å². The van der Waals surface area contributed by atoms with Gasteiger partial charge in [-0.2, -0.15) is 0 Å². The van der Waals surface area contributed by atoms with Crippen LogP contribution < -0.4 is 19.7 Å². The molecule has 0 aromatic heterocycles. The topological polar surface area (TPSA) is 67.9 Å². The fourth-order valence-corrected chi connectivity index (χ4v) is 4.51. The van der Waals surface area contributed by atoms with Crippen molar-refractivity contribution in [1.29, 1.82) is 0 Å². The molecule has 2 aliphatic rings. The van der Waals surface area contributed by atoms with E-state index in [0.29, 0.717) is 40.5 Å². The number of carbonyl (C=O) groups excluding carboxylic acids is 2. The molecule has 168 valence electrons.